The van der Waals surface area contributed by atoms with E-state index in [4.69, 9.17) is 4.74 Å². The normalized spacial score (nSPS) is 24.6. The van der Waals surface area contributed by atoms with Crippen molar-refractivity contribution in [2.75, 3.05) is 19.0 Å². The average molecular weight is 160 g/mol. The van der Waals surface area contributed by atoms with Crippen molar-refractivity contribution >= 4 is 12.6 Å². The van der Waals surface area contributed by atoms with Crippen molar-refractivity contribution in [3.8, 4) is 0 Å². The fourth-order valence-corrected chi connectivity index (χ4v) is 1.92. The molecule has 0 saturated carbocycles. The summed E-state index contributed by atoms with van der Waals surface area (Å²) in [5.41, 5.74) is 0.528. The minimum absolute atomic E-state index is 0.528. The van der Waals surface area contributed by atoms with Crippen molar-refractivity contribution in [1.29, 1.82) is 0 Å². The van der Waals surface area contributed by atoms with E-state index < -0.39 is 0 Å². The molecule has 1 nitrogen and oxygen atoms in total. The zero-order valence-corrected chi connectivity index (χ0v) is 7.49. The summed E-state index contributed by atoms with van der Waals surface area (Å²) in [6, 6.07) is 0. The lowest BCUT2D eigenvalue weighted by molar-refractivity contribution is 0.0227. The molecule has 0 aliphatic carbocycles. The van der Waals surface area contributed by atoms with E-state index in [2.05, 4.69) is 19.6 Å². The van der Waals surface area contributed by atoms with Gasteiger partial charge in [0.1, 0.15) is 0 Å². The van der Waals surface area contributed by atoms with Crippen molar-refractivity contribution in [2.24, 2.45) is 5.41 Å². The molecule has 0 unspecified atom stereocenters. The summed E-state index contributed by atoms with van der Waals surface area (Å²) >= 11 is 4.24. The molecular weight excluding hydrogens is 144 g/mol. The van der Waals surface area contributed by atoms with E-state index in [1.165, 1.54) is 19.3 Å². The standard InChI is InChI=1S/C8H16OS/c1-8(4-7-10)2-5-9-6-3-8/h10H,2-7H2,1H3. The smallest absolute Gasteiger partial charge is 0.0471 e. The molecule has 1 fully saturated rings. The highest BCUT2D eigenvalue weighted by Gasteiger charge is 2.25. The molecule has 0 radical (unpaired) electrons. The van der Waals surface area contributed by atoms with E-state index in [0.29, 0.717) is 5.41 Å². The van der Waals surface area contributed by atoms with Gasteiger partial charge in [-0.1, -0.05) is 6.92 Å². The van der Waals surface area contributed by atoms with Gasteiger partial charge in [0.2, 0.25) is 0 Å². The van der Waals surface area contributed by atoms with Gasteiger partial charge < -0.3 is 4.74 Å². The predicted octanol–water partition coefficient (Wildman–Crippen LogP) is 2.12. The number of hydrogen-bond donors (Lipinski definition) is 1. The molecule has 0 amide bonds. The minimum atomic E-state index is 0.528. The molecule has 1 heterocycles. The third kappa shape index (κ3) is 2.17. The van der Waals surface area contributed by atoms with Crippen LogP contribution in [-0.2, 0) is 4.74 Å². The second-order valence-electron chi connectivity index (χ2n) is 3.40. The van der Waals surface area contributed by atoms with Gasteiger partial charge in [0, 0.05) is 13.2 Å². The van der Waals surface area contributed by atoms with Gasteiger partial charge in [-0.15, -0.1) is 0 Å². The molecule has 60 valence electrons. The Hall–Kier alpha value is 0.310. The average Bonchev–Trinajstić information content (AvgIpc) is 1.89. The zero-order valence-electron chi connectivity index (χ0n) is 6.60. The molecule has 10 heavy (non-hydrogen) atoms. The van der Waals surface area contributed by atoms with E-state index >= 15 is 0 Å². The molecule has 0 aromatic rings. The molecule has 0 atom stereocenters. The van der Waals surface area contributed by atoms with Crippen LogP contribution in [0.15, 0.2) is 0 Å². The van der Waals surface area contributed by atoms with Gasteiger partial charge in [-0.05, 0) is 30.4 Å². The Labute approximate surface area is 68.6 Å². The Morgan fingerprint density at radius 3 is 2.50 bits per heavy atom. The summed E-state index contributed by atoms with van der Waals surface area (Å²) in [4.78, 5) is 0. The van der Waals surface area contributed by atoms with Gasteiger partial charge in [0.05, 0.1) is 0 Å². The molecule has 1 saturated heterocycles. The number of thiol groups is 1. The van der Waals surface area contributed by atoms with Gasteiger partial charge in [0.15, 0.2) is 0 Å². The van der Waals surface area contributed by atoms with E-state index in [1.54, 1.807) is 0 Å². The monoisotopic (exact) mass is 160 g/mol. The lowest BCUT2D eigenvalue weighted by atomic mass is 9.80. The first kappa shape index (κ1) is 8.41. The van der Waals surface area contributed by atoms with Crippen molar-refractivity contribution in [2.45, 2.75) is 26.2 Å². The van der Waals surface area contributed by atoms with Crippen LogP contribution in [0.25, 0.3) is 0 Å². The summed E-state index contributed by atoms with van der Waals surface area (Å²) in [6.45, 7) is 4.24. The fraction of sp³-hybridized carbons (Fsp3) is 1.00. The molecule has 0 spiro atoms. The summed E-state index contributed by atoms with van der Waals surface area (Å²) in [6.07, 6.45) is 3.67. The SMILES string of the molecule is CC1(CCS)CCOCC1. The Morgan fingerprint density at radius 1 is 1.40 bits per heavy atom. The van der Waals surface area contributed by atoms with Crippen LogP contribution < -0.4 is 0 Å². The van der Waals surface area contributed by atoms with Crippen LogP contribution in [0, 0.1) is 5.41 Å². The van der Waals surface area contributed by atoms with Crippen LogP contribution in [0.1, 0.15) is 26.2 Å². The highest BCUT2D eigenvalue weighted by molar-refractivity contribution is 7.80. The molecular formula is C8H16OS. The summed E-state index contributed by atoms with van der Waals surface area (Å²) in [5, 5.41) is 0. The summed E-state index contributed by atoms with van der Waals surface area (Å²) in [7, 11) is 0. The van der Waals surface area contributed by atoms with Gasteiger partial charge in [0.25, 0.3) is 0 Å². The molecule has 0 aromatic carbocycles. The number of rotatable bonds is 2. The lowest BCUT2D eigenvalue weighted by Crippen LogP contribution is -2.26. The molecule has 1 aliphatic rings. The Morgan fingerprint density at radius 2 is 2.00 bits per heavy atom. The van der Waals surface area contributed by atoms with Crippen LogP contribution in [0.4, 0.5) is 0 Å². The molecule has 1 aliphatic heterocycles. The van der Waals surface area contributed by atoms with Crippen molar-refractivity contribution < 1.29 is 4.74 Å². The van der Waals surface area contributed by atoms with Gasteiger partial charge in [-0.25, -0.2) is 0 Å². The van der Waals surface area contributed by atoms with Crippen LogP contribution in [-0.4, -0.2) is 19.0 Å². The highest BCUT2D eigenvalue weighted by Crippen LogP contribution is 2.33. The number of hydrogen-bond acceptors (Lipinski definition) is 2. The Balaban J connectivity index is 2.32. The summed E-state index contributed by atoms with van der Waals surface area (Å²) in [5.74, 6) is 1.01. The molecule has 0 bridgehead atoms. The third-order valence-electron chi connectivity index (χ3n) is 2.42. The van der Waals surface area contributed by atoms with E-state index in [-0.39, 0.29) is 0 Å². The fourth-order valence-electron chi connectivity index (χ4n) is 1.38. The quantitative estimate of drug-likeness (QED) is 0.609. The highest BCUT2D eigenvalue weighted by atomic mass is 32.1. The van der Waals surface area contributed by atoms with Gasteiger partial charge in [-0.3, -0.25) is 0 Å². The molecule has 2 heteroatoms. The maximum Gasteiger partial charge on any atom is 0.0471 e. The van der Waals surface area contributed by atoms with Crippen LogP contribution in [0.3, 0.4) is 0 Å². The lowest BCUT2D eigenvalue weighted by Gasteiger charge is -2.32. The largest absolute Gasteiger partial charge is 0.381 e. The van der Waals surface area contributed by atoms with Crippen LogP contribution in [0.5, 0.6) is 0 Å². The van der Waals surface area contributed by atoms with Crippen LogP contribution >= 0.6 is 12.6 Å². The van der Waals surface area contributed by atoms with Crippen molar-refractivity contribution in [1.82, 2.24) is 0 Å². The zero-order chi connectivity index (χ0) is 7.45. The maximum absolute atomic E-state index is 5.29. The van der Waals surface area contributed by atoms with Crippen LogP contribution in [0.2, 0.25) is 0 Å². The maximum atomic E-state index is 5.29. The Kier molecular flexibility index (Phi) is 3.05. The first-order chi connectivity index (χ1) is 4.77. The first-order valence-corrected chi connectivity index (χ1v) is 4.59. The van der Waals surface area contributed by atoms with E-state index in [1.807, 2.05) is 0 Å². The van der Waals surface area contributed by atoms with E-state index in [0.717, 1.165) is 19.0 Å². The molecule has 1 rings (SSSR count). The topological polar surface area (TPSA) is 9.23 Å². The second kappa shape index (κ2) is 3.63. The van der Waals surface area contributed by atoms with E-state index in [9.17, 15) is 0 Å². The molecule has 0 N–H and O–H groups in total. The predicted molar refractivity (Wildman–Crippen MR) is 46.6 cm³/mol. The van der Waals surface area contributed by atoms with Gasteiger partial charge >= 0.3 is 0 Å². The minimum Gasteiger partial charge on any atom is -0.381 e. The molecule has 0 aromatic heterocycles. The third-order valence-corrected chi connectivity index (χ3v) is 2.64. The first-order valence-electron chi connectivity index (χ1n) is 3.95. The second-order valence-corrected chi connectivity index (χ2v) is 3.84. The summed E-state index contributed by atoms with van der Waals surface area (Å²) < 4.78 is 5.29. The van der Waals surface area contributed by atoms with Crippen molar-refractivity contribution in [3.63, 3.8) is 0 Å². The van der Waals surface area contributed by atoms with Gasteiger partial charge in [-0.2, -0.15) is 12.6 Å². The number of ether oxygens (including phenoxy) is 1. The Bertz CT molecular complexity index is 91.9. The van der Waals surface area contributed by atoms with Crippen molar-refractivity contribution in [3.05, 3.63) is 0 Å².